The van der Waals surface area contributed by atoms with E-state index in [1.165, 1.54) is 12.1 Å². The molecule has 0 aliphatic carbocycles. The first kappa shape index (κ1) is 28.2. The van der Waals surface area contributed by atoms with Gasteiger partial charge in [0.05, 0.1) is 16.3 Å². The number of carbonyl (C=O) groups is 2. The van der Waals surface area contributed by atoms with Crippen LogP contribution in [0.25, 0.3) is 23.0 Å². The number of benzene rings is 4. The van der Waals surface area contributed by atoms with Gasteiger partial charge in [0.15, 0.2) is 0 Å². The summed E-state index contributed by atoms with van der Waals surface area (Å²) in [7, 11) is 0. The second kappa shape index (κ2) is 12.9. The predicted octanol–water partition coefficient (Wildman–Crippen LogP) is 7.59. The van der Waals surface area contributed by atoms with Crippen molar-refractivity contribution in [1.29, 1.82) is 0 Å². The van der Waals surface area contributed by atoms with Crippen LogP contribution in [0.3, 0.4) is 0 Å². The van der Waals surface area contributed by atoms with Gasteiger partial charge in [0.1, 0.15) is 11.4 Å². The Labute approximate surface area is 252 Å². The van der Waals surface area contributed by atoms with Crippen molar-refractivity contribution in [2.45, 2.75) is 6.54 Å². The average Bonchev–Trinajstić information content (AvgIpc) is 3.40. The number of aromatic nitrogens is 2. The van der Waals surface area contributed by atoms with Crippen molar-refractivity contribution in [2.75, 3.05) is 0 Å². The van der Waals surface area contributed by atoms with Crippen LogP contribution in [0.15, 0.2) is 115 Å². The molecule has 0 spiro atoms. The van der Waals surface area contributed by atoms with Gasteiger partial charge in [0.2, 0.25) is 0 Å². The van der Waals surface area contributed by atoms with E-state index < -0.39 is 11.8 Å². The topological polar surface area (TPSA) is 76.0 Å². The summed E-state index contributed by atoms with van der Waals surface area (Å²) in [6.07, 6.45) is 3.39. The smallest absolute Gasteiger partial charge is 0.268 e. The maximum Gasteiger partial charge on any atom is 0.268 e. The molecule has 0 aliphatic rings. The first-order valence-corrected chi connectivity index (χ1v) is 13.7. The summed E-state index contributed by atoms with van der Waals surface area (Å²) < 4.78 is 1.72. The molecule has 0 radical (unpaired) electrons. The molecular weight excluding hydrogens is 579 g/mol. The zero-order valence-corrected chi connectivity index (χ0v) is 23.8. The van der Waals surface area contributed by atoms with E-state index in [9.17, 15) is 9.59 Å². The fourth-order valence-corrected chi connectivity index (χ4v) is 4.71. The fourth-order valence-electron chi connectivity index (χ4n) is 4.09. The van der Waals surface area contributed by atoms with E-state index in [0.717, 1.165) is 16.8 Å². The Kier molecular flexibility index (Phi) is 8.85. The van der Waals surface area contributed by atoms with Crippen LogP contribution in [0.1, 0.15) is 21.5 Å². The van der Waals surface area contributed by atoms with Crippen molar-refractivity contribution in [3.8, 4) is 16.9 Å². The largest absolute Gasteiger partial charge is 0.347 e. The van der Waals surface area contributed by atoms with Gasteiger partial charge >= 0.3 is 0 Å². The van der Waals surface area contributed by atoms with Crippen molar-refractivity contribution in [3.63, 3.8) is 0 Å². The summed E-state index contributed by atoms with van der Waals surface area (Å²) in [4.78, 5) is 26.8. The highest BCUT2D eigenvalue weighted by molar-refractivity contribution is 6.36. The van der Waals surface area contributed by atoms with E-state index >= 15 is 0 Å². The molecule has 5 aromatic rings. The quantitative estimate of drug-likeness (QED) is 0.180. The van der Waals surface area contributed by atoms with Crippen molar-refractivity contribution < 1.29 is 9.59 Å². The Morgan fingerprint density at radius 2 is 1.46 bits per heavy atom. The number of hydrogen-bond acceptors (Lipinski definition) is 3. The third-order valence-corrected chi connectivity index (χ3v) is 6.95. The van der Waals surface area contributed by atoms with Crippen LogP contribution in [-0.4, -0.2) is 21.6 Å². The molecule has 6 nitrogen and oxygen atoms in total. The van der Waals surface area contributed by atoms with Crippen molar-refractivity contribution in [3.05, 3.63) is 147 Å². The second-order valence-electron chi connectivity index (χ2n) is 9.02. The van der Waals surface area contributed by atoms with Gasteiger partial charge in [-0.25, -0.2) is 4.68 Å². The molecule has 9 heteroatoms. The summed E-state index contributed by atoms with van der Waals surface area (Å²) in [5.41, 5.74) is 3.91. The van der Waals surface area contributed by atoms with Crippen LogP contribution in [0, 0.1) is 0 Å². The van der Waals surface area contributed by atoms with Gasteiger partial charge in [-0.1, -0.05) is 95.5 Å². The molecule has 0 aliphatic heterocycles. The summed E-state index contributed by atoms with van der Waals surface area (Å²) in [5, 5.41) is 11.6. The molecule has 4 aromatic carbocycles. The molecule has 2 N–H and O–H groups in total. The van der Waals surface area contributed by atoms with E-state index in [1.807, 2.05) is 72.8 Å². The number of rotatable bonds is 8. The van der Waals surface area contributed by atoms with Gasteiger partial charge < -0.3 is 10.6 Å². The van der Waals surface area contributed by atoms with E-state index in [1.54, 1.807) is 35.2 Å². The molecule has 1 aromatic heterocycles. The lowest BCUT2D eigenvalue weighted by Gasteiger charge is -2.12. The zero-order valence-electron chi connectivity index (χ0n) is 21.5. The van der Waals surface area contributed by atoms with Crippen LogP contribution >= 0.6 is 34.8 Å². The molecule has 0 saturated heterocycles. The van der Waals surface area contributed by atoms with Gasteiger partial charge in [0, 0.05) is 33.9 Å². The zero-order chi connectivity index (χ0) is 28.8. The van der Waals surface area contributed by atoms with Gasteiger partial charge in [-0.3, -0.25) is 9.59 Å². The normalized spacial score (nSPS) is 11.2. The Hall–Kier alpha value is -4.36. The summed E-state index contributed by atoms with van der Waals surface area (Å²) in [6.45, 7) is 0.266. The number of nitrogens with zero attached hydrogens (tertiary/aromatic N) is 2. The van der Waals surface area contributed by atoms with Crippen LogP contribution in [0.5, 0.6) is 0 Å². The van der Waals surface area contributed by atoms with E-state index in [-0.39, 0.29) is 22.8 Å². The first-order valence-electron chi connectivity index (χ1n) is 12.6. The highest BCUT2D eigenvalue weighted by Crippen LogP contribution is 2.27. The van der Waals surface area contributed by atoms with Gasteiger partial charge in [-0.2, -0.15) is 5.10 Å². The van der Waals surface area contributed by atoms with E-state index in [2.05, 4.69) is 10.6 Å². The summed E-state index contributed by atoms with van der Waals surface area (Å²) in [5.74, 6) is -1.04. The number of amides is 2. The van der Waals surface area contributed by atoms with Gasteiger partial charge in [-0.05, 0) is 54.1 Å². The molecule has 0 bridgehead atoms. The van der Waals surface area contributed by atoms with Gasteiger partial charge in [0.25, 0.3) is 11.8 Å². The molecule has 5 rings (SSSR count). The molecular formula is C32H23Cl3N4O2. The molecule has 204 valence electrons. The van der Waals surface area contributed by atoms with Crippen LogP contribution in [0.4, 0.5) is 0 Å². The molecule has 0 saturated carbocycles. The highest BCUT2D eigenvalue weighted by Gasteiger charge is 2.19. The lowest BCUT2D eigenvalue weighted by atomic mass is 10.1. The second-order valence-corrected chi connectivity index (χ2v) is 10.3. The SMILES string of the molecule is O=C(NCc1ccccc1)/C(=C/c1cn(-c2ccccc2)nc1-c1ccc(Cl)cc1)NC(=O)c1ccc(Cl)cc1Cl. The standard InChI is InChI=1S/C32H23Cl3N4O2/c33-24-13-11-22(12-14-24)30-23(20-39(38-30)26-9-5-2-6-10-26)17-29(32(41)36-19-21-7-3-1-4-8-21)37-31(40)27-16-15-25(34)18-28(27)35/h1-18,20H,19H2,(H,36,41)(H,37,40)/b29-17-. The monoisotopic (exact) mass is 600 g/mol. The molecule has 2 amide bonds. The number of halogens is 3. The summed E-state index contributed by atoms with van der Waals surface area (Å²) >= 11 is 18.4. The Bertz CT molecular complexity index is 1720. The van der Waals surface area contributed by atoms with E-state index in [4.69, 9.17) is 39.9 Å². The molecule has 1 heterocycles. The Balaban J connectivity index is 1.56. The third-order valence-electron chi connectivity index (χ3n) is 6.15. The summed E-state index contributed by atoms with van der Waals surface area (Å²) in [6, 6.07) is 30.8. The minimum atomic E-state index is -0.559. The number of hydrogen-bond donors (Lipinski definition) is 2. The van der Waals surface area contributed by atoms with Crippen molar-refractivity contribution in [2.24, 2.45) is 0 Å². The minimum absolute atomic E-state index is 0.0137. The number of nitrogens with one attached hydrogen (secondary N) is 2. The molecule has 0 fully saturated rings. The van der Waals surface area contributed by atoms with E-state index in [0.29, 0.717) is 21.3 Å². The highest BCUT2D eigenvalue weighted by atomic mass is 35.5. The van der Waals surface area contributed by atoms with Crippen LogP contribution in [-0.2, 0) is 11.3 Å². The predicted molar refractivity (Wildman–Crippen MR) is 164 cm³/mol. The van der Waals surface area contributed by atoms with Crippen LogP contribution in [0.2, 0.25) is 15.1 Å². The lowest BCUT2D eigenvalue weighted by Crippen LogP contribution is -2.34. The van der Waals surface area contributed by atoms with Crippen LogP contribution < -0.4 is 10.6 Å². The molecule has 41 heavy (non-hydrogen) atoms. The maximum absolute atomic E-state index is 13.5. The lowest BCUT2D eigenvalue weighted by molar-refractivity contribution is -0.117. The Morgan fingerprint density at radius 1 is 0.805 bits per heavy atom. The molecule has 0 unspecified atom stereocenters. The first-order chi connectivity index (χ1) is 19.9. The number of para-hydroxylation sites is 1. The van der Waals surface area contributed by atoms with Gasteiger partial charge in [-0.15, -0.1) is 0 Å². The number of carbonyl (C=O) groups excluding carboxylic acids is 2. The third kappa shape index (κ3) is 7.05. The maximum atomic E-state index is 13.5. The van der Waals surface area contributed by atoms with Crippen molar-refractivity contribution in [1.82, 2.24) is 20.4 Å². The van der Waals surface area contributed by atoms with Crippen molar-refractivity contribution >= 4 is 52.7 Å². The average molecular weight is 602 g/mol. The fraction of sp³-hybridized carbons (Fsp3) is 0.0312. The Morgan fingerprint density at radius 3 is 2.15 bits per heavy atom. The molecule has 0 atom stereocenters. The minimum Gasteiger partial charge on any atom is -0.347 e.